The molecule has 1 aliphatic rings. The molecule has 2 aromatic rings. The van der Waals surface area contributed by atoms with Gasteiger partial charge in [-0.15, -0.1) is 5.10 Å². The van der Waals surface area contributed by atoms with E-state index >= 15 is 0 Å². The van der Waals surface area contributed by atoms with Crippen LogP contribution in [0.15, 0.2) is 36.4 Å². The highest BCUT2D eigenvalue weighted by Gasteiger charge is 2.23. The second-order valence-electron chi connectivity index (χ2n) is 6.26. The van der Waals surface area contributed by atoms with Crippen molar-refractivity contribution in [2.45, 2.75) is 19.8 Å². The summed E-state index contributed by atoms with van der Waals surface area (Å²) in [5, 5.41) is 8.96. The Morgan fingerprint density at radius 2 is 1.83 bits per heavy atom. The summed E-state index contributed by atoms with van der Waals surface area (Å²) in [6.45, 7) is 7.01. The smallest absolute Gasteiger partial charge is 0.274 e. The van der Waals surface area contributed by atoms with E-state index in [1.165, 1.54) is 0 Å². The van der Waals surface area contributed by atoms with E-state index in [4.69, 9.17) is 11.6 Å². The fourth-order valence-corrected chi connectivity index (χ4v) is 2.95. The molecule has 126 valence electrons. The fourth-order valence-electron chi connectivity index (χ4n) is 2.77. The van der Waals surface area contributed by atoms with Gasteiger partial charge in [0.1, 0.15) is 0 Å². The molecule has 1 fully saturated rings. The number of anilines is 1. The highest BCUT2D eigenvalue weighted by atomic mass is 35.5. The summed E-state index contributed by atoms with van der Waals surface area (Å²) < 4.78 is 0. The SMILES string of the molecule is CC(C)c1ccc(C(=O)N2CCN(c3cccc(Cl)c3)CC2)nn1. The van der Waals surface area contributed by atoms with Crippen LogP contribution in [0.2, 0.25) is 5.02 Å². The summed E-state index contributed by atoms with van der Waals surface area (Å²) in [5.41, 5.74) is 2.41. The van der Waals surface area contributed by atoms with Crippen molar-refractivity contribution in [2.24, 2.45) is 0 Å². The maximum atomic E-state index is 12.6. The average Bonchev–Trinajstić information content (AvgIpc) is 2.61. The van der Waals surface area contributed by atoms with E-state index in [-0.39, 0.29) is 5.91 Å². The Morgan fingerprint density at radius 3 is 2.42 bits per heavy atom. The van der Waals surface area contributed by atoms with Crippen LogP contribution in [0, 0.1) is 0 Å². The molecule has 1 aromatic carbocycles. The Balaban J connectivity index is 1.62. The Bertz CT molecular complexity index is 709. The number of rotatable bonds is 3. The van der Waals surface area contributed by atoms with E-state index in [9.17, 15) is 4.79 Å². The molecule has 1 amide bonds. The Hall–Kier alpha value is -2.14. The van der Waals surface area contributed by atoms with Crippen molar-refractivity contribution in [3.05, 3.63) is 52.8 Å². The van der Waals surface area contributed by atoms with Crippen LogP contribution in [0.25, 0.3) is 0 Å². The van der Waals surface area contributed by atoms with Gasteiger partial charge in [0.25, 0.3) is 5.91 Å². The maximum absolute atomic E-state index is 12.6. The van der Waals surface area contributed by atoms with Crippen LogP contribution in [0.5, 0.6) is 0 Å². The van der Waals surface area contributed by atoms with E-state index < -0.39 is 0 Å². The van der Waals surface area contributed by atoms with Gasteiger partial charge in [-0.25, -0.2) is 0 Å². The summed E-state index contributed by atoms with van der Waals surface area (Å²) in [5.74, 6) is 0.256. The minimum atomic E-state index is -0.0523. The number of piperazine rings is 1. The summed E-state index contributed by atoms with van der Waals surface area (Å²) >= 11 is 6.05. The van der Waals surface area contributed by atoms with Crippen LogP contribution in [0.4, 0.5) is 5.69 Å². The fraction of sp³-hybridized carbons (Fsp3) is 0.389. The average molecular weight is 345 g/mol. The first-order valence-corrected chi connectivity index (χ1v) is 8.56. The minimum absolute atomic E-state index is 0.0523. The number of halogens is 1. The van der Waals surface area contributed by atoms with E-state index in [0.29, 0.717) is 24.7 Å². The summed E-state index contributed by atoms with van der Waals surface area (Å²) in [4.78, 5) is 16.6. The molecule has 0 N–H and O–H groups in total. The largest absolute Gasteiger partial charge is 0.368 e. The zero-order valence-corrected chi connectivity index (χ0v) is 14.7. The molecule has 0 radical (unpaired) electrons. The lowest BCUT2D eigenvalue weighted by atomic mass is 10.1. The van der Waals surface area contributed by atoms with Gasteiger partial charge in [-0.05, 0) is 36.2 Å². The molecule has 1 saturated heterocycles. The van der Waals surface area contributed by atoms with Crippen LogP contribution in [-0.2, 0) is 0 Å². The van der Waals surface area contributed by atoms with Crippen molar-refractivity contribution < 1.29 is 4.79 Å². The monoisotopic (exact) mass is 344 g/mol. The molecule has 2 heterocycles. The first-order chi connectivity index (χ1) is 11.5. The number of hydrogen-bond acceptors (Lipinski definition) is 4. The van der Waals surface area contributed by atoms with Crippen molar-refractivity contribution in [3.63, 3.8) is 0 Å². The Labute approximate surface area is 147 Å². The van der Waals surface area contributed by atoms with Gasteiger partial charge in [-0.2, -0.15) is 5.10 Å². The highest BCUT2D eigenvalue weighted by Crippen LogP contribution is 2.21. The Morgan fingerprint density at radius 1 is 1.08 bits per heavy atom. The number of carbonyl (C=O) groups is 1. The first-order valence-electron chi connectivity index (χ1n) is 8.18. The third kappa shape index (κ3) is 3.67. The number of carbonyl (C=O) groups excluding carboxylic acids is 1. The third-order valence-corrected chi connectivity index (χ3v) is 4.47. The van der Waals surface area contributed by atoms with Crippen LogP contribution in [0.1, 0.15) is 35.9 Å². The van der Waals surface area contributed by atoms with Gasteiger partial charge in [0, 0.05) is 36.9 Å². The normalized spacial score (nSPS) is 15.0. The molecule has 1 aromatic heterocycles. The van der Waals surface area contributed by atoms with Gasteiger partial charge in [0.15, 0.2) is 5.69 Å². The molecule has 3 rings (SSSR count). The lowest BCUT2D eigenvalue weighted by molar-refractivity contribution is 0.0739. The van der Waals surface area contributed by atoms with Gasteiger partial charge in [-0.1, -0.05) is 31.5 Å². The molecule has 24 heavy (non-hydrogen) atoms. The second-order valence-corrected chi connectivity index (χ2v) is 6.69. The zero-order valence-electron chi connectivity index (χ0n) is 13.9. The van der Waals surface area contributed by atoms with Crippen molar-refractivity contribution in [3.8, 4) is 0 Å². The number of nitrogens with zero attached hydrogens (tertiary/aromatic N) is 4. The van der Waals surface area contributed by atoms with Gasteiger partial charge >= 0.3 is 0 Å². The van der Waals surface area contributed by atoms with Crippen LogP contribution >= 0.6 is 11.6 Å². The summed E-state index contributed by atoms with van der Waals surface area (Å²) in [7, 11) is 0. The summed E-state index contributed by atoms with van der Waals surface area (Å²) in [6, 6.07) is 11.5. The molecule has 0 spiro atoms. The predicted molar refractivity (Wildman–Crippen MR) is 95.7 cm³/mol. The standard InChI is InChI=1S/C18H21ClN4O/c1-13(2)16-6-7-17(21-20-16)18(24)23-10-8-22(9-11-23)15-5-3-4-14(19)12-15/h3-7,12-13H,8-11H2,1-2H3. The van der Waals surface area contributed by atoms with E-state index in [1.54, 1.807) is 6.07 Å². The second kappa shape index (κ2) is 7.18. The van der Waals surface area contributed by atoms with E-state index in [1.807, 2.05) is 35.2 Å². The molecule has 0 unspecified atom stereocenters. The molecular weight excluding hydrogens is 324 g/mol. The lowest BCUT2D eigenvalue weighted by Gasteiger charge is -2.36. The number of amides is 1. The van der Waals surface area contributed by atoms with Crippen molar-refractivity contribution in [2.75, 3.05) is 31.1 Å². The minimum Gasteiger partial charge on any atom is -0.368 e. The summed E-state index contributed by atoms with van der Waals surface area (Å²) in [6.07, 6.45) is 0. The molecule has 1 aliphatic heterocycles. The van der Waals surface area contributed by atoms with Crippen LogP contribution < -0.4 is 4.90 Å². The lowest BCUT2D eigenvalue weighted by Crippen LogP contribution is -2.49. The highest BCUT2D eigenvalue weighted by molar-refractivity contribution is 6.30. The van der Waals surface area contributed by atoms with Crippen molar-refractivity contribution in [1.82, 2.24) is 15.1 Å². The van der Waals surface area contributed by atoms with E-state index in [2.05, 4.69) is 28.9 Å². The topological polar surface area (TPSA) is 49.3 Å². The molecular formula is C18H21ClN4O. The van der Waals surface area contributed by atoms with Crippen molar-refractivity contribution >= 4 is 23.2 Å². The van der Waals surface area contributed by atoms with Gasteiger partial charge in [0.2, 0.25) is 0 Å². The van der Waals surface area contributed by atoms with Gasteiger partial charge < -0.3 is 9.80 Å². The van der Waals surface area contributed by atoms with Crippen LogP contribution in [0.3, 0.4) is 0 Å². The molecule has 0 saturated carbocycles. The van der Waals surface area contributed by atoms with Gasteiger partial charge in [-0.3, -0.25) is 4.79 Å². The first kappa shape index (κ1) is 16.7. The predicted octanol–water partition coefficient (Wildman–Crippen LogP) is 3.22. The van der Waals surface area contributed by atoms with E-state index in [0.717, 1.165) is 29.5 Å². The number of benzene rings is 1. The van der Waals surface area contributed by atoms with Crippen molar-refractivity contribution in [1.29, 1.82) is 0 Å². The molecule has 0 aliphatic carbocycles. The van der Waals surface area contributed by atoms with Gasteiger partial charge in [0.05, 0.1) is 5.69 Å². The maximum Gasteiger partial charge on any atom is 0.274 e. The van der Waals surface area contributed by atoms with Crippen LogP contribution in [-0.4, -0.2) is 47.2 Å². The molecule has 0 bridgehead atoms. The Kier molecular flexibility index (Phi) is 5.00. The molecule has 0 atom stereocenters. The third-order valence-electron chi connectivity index (χ3n) is 4.24. The number of hydrogen-bond donors (Lipinski definition) is 0. The quantitative estimate of drug-likeness (QED) is 0.857. The zero-order chi connectivity index (χ0) is 17.1. The molecule has 6 heteroatoms. The molecule has 5 nitrogen and oxygen atoms in total. The number of aromatic nitrogens is 2.